The quantitative estimate of drug-likeness (QED) is 0.893. The first-order valence-electron chi connectivity index (χ1n) is 6.45. The fourth-order valence-electron chi connectivity index (χ4n) is 2.25. The lowest BCUT2D eigenvalue weighted by molar-refractivity contribution is 0.285. The first-order valence-corrected chi connectivity index (χ1v) is 9.50. The summed E-state index contributed by atoms with van der Waals surface area (Å²) in [4.78, 5) is 0.958. The van der Waals surface area contributed by atoms with Crippen LogP contribution in [0.4, 0.5) is 0 Å². The number of rotatable bonds is 3. The van der Waals surface area contributed by atoms with Gasteiger partial charge in [0.2, 0.25) is 10.0 Å². The molecule has 7 heteroatoms. The largest absolute Gasteiger partial charge is 0.391 e. The molecule has 2 rings (SSSR count). The van der Waals surface area contributed by atoms with E-state index in [0.717, 1.165) is 25.7 Å². The average molecular weight is 368 g/mol. The Balaban J connectivity index is 2.26. The average Bonchev–Trinajstić information content (AvgIpc) is 2.70. The molecule has 1 N–H and O–H groups in total. The number of hydrogen-bond acceptors (Lipinski definition) is 4. The van der Waals surface area contributed by atoms with Crippen LogP contribution in [0.2, 0.25) is 0 Å². The van der Waals surface area contributed by atoms with E-state index in [2.05, 4.69) is 15.9 Å². The van der Waals surface area contributed by atoms with E-state index in [0.29, 0.717) is 26.6 Å². The van der Waals surface area contributed by atoms with Crippen LogP contribution in [0.1, 0.15) is 37.0 Å². The molecule has 1 aromatic rings. The molecule has 0 saturated carbocycles. The second-order valence-corrected chi connectivity index (χ2v) is 9.04. The Morgan fingerprint density at radius 1 is 1.21 bits per heavy atom. The summed E-state index contributed by atoms with van der Waals surface area (Å²) < 4.78 is 27.4. The maximum absolute atomic E-state index is 12.6. The van der Waals surface area contributed by atoms with Crippen molar-refractivity contribution in [2.24, 2.45) is 0 Å². The number of halogens is 1. The number of nitrogens with zero attached hydrogens (tertiary/aromatic N) is 1. The van der Waals surface area contributed by atoms with Gasteiger partial charge in [0, 0.05) is 18.0 Å². The summed E-state index contributed by atoms with van der Waals surface area (Å²) in [5, 5.41) is 9.11. The van der Waals surface area contributed by atoms with Crippen molar-refractivity contribution < 1.29 is 13.5 Å². The number of aliphatic hydroxyl groups is 1. The topological polar surface area (TPSA) is 57.6 Å². The van der Waals surface area contributed by atoms with Crippen molar-refractivity contribution in [2.45, 2.75) is 43.6 Å². The van der Waals surface area contributed by atoms with Gasteiger partial charge in [-0.1, -0.05) is 19.3 Å². The summed E-state index contributed by atoms with van der Waals surface area (Å²) in [6.07, 6.45) is 5.24. The predicted octanol–water partition coefficient (Wildman–Crippen LogP) is 2.96. The molecule has 1 aliphatic heterocycles. The molecule has 0 bridgehead atoms. The van der Waals surface area contributed by atoms with E-state index in [1.807, 2.05) is 0 Å². The smallest absolute Gasteiger partial charge is 0.245 e. The minimum Gasteiger partial charge on any atom is -0.391 e. The van der Waals surface area contributed by atoms with Crippen molar-refractivity contribution in [1.82, 2.24) is 4.31 Å². The van der Waals surface area contributed by atoms with Crippen molar-refractivity contribution in [3.63, 3.8) is 0 Å². The molecule has 0 atom stereocenters. The molecular formula is C12H18BrNO3S2. The van der Waals surface area contributed by atoms with Gasteiger partial charge in [-0.25, -0.2) is 8.42 Å². The summed E-state index contributed by atoms with van der Waals surface area (Å²) in [5.41, 5.74) is 0. The summed E-state index contributed by atoms with van der Waals surface area (Å²) in [5.74, 6) is 0. The molecule has 1 fully saturated rings. The summed E-state index contributed by atoms with van der Waals surface area (Å²) in [6.45, 7) is 1.07. The molecule has 0 unspecified atom stereocenters. The van der Waals surface area contributed by atoms with Crippen LogP contribution < -0.4 is 0 Å². The van der Waals surface area contributed by atoms with Crippen molar-refractivity contribution in [3.05, 3.63) is 14.7 Å². The first kappa shape index (κ1) is 15.4. The minimum atomic E-state index is -3.44. The van der Waals surface area contributed by atoms with E-state index in [1.54, 1.807) is 10.4 Å². The normalized spacial score (nSPS) is 19.1. The zero-order valence-corrected chi connectivity index (χ0v) is 13.9. The lowest BCUT2D eigenvalue weighted by Crippen LogP contribution is -2.33. The van der Waals surface area contributed by atoms with E-state index in [-0.39, 0.29) is 6.61 Å². The Bertz CT molecular complexity index is 519. The Labute approximate surface area is 126 Å². The van der Waals surface area contributed by atoms with Gasteiger partial charge in [-0.3, -0.25) is 0 Å². The Kier molecular flexibility index (Phi) is 5.42. The summed E-state index contributed by atoms with van der Waals surface area (Å²) in [6, 6.07) is 1.57. The highest BCUT2D eigenvalue weighted by Gasteiger charge is 2.28. The molecule has 2 heterocycles. The fourth-order valence-corrected chi connectivity index (χ4v) is 6.26. The van der Waals surface area contributed by atoms with Crippen molar-refractivity contribution in [3.8, 4) is 0 Å². The van der Waals surface area contributed by atoms with Crippen LogP contribution in [-0.2, 0) is 16.6 Å². The second kappa shape index (κ2) is 6.67. The van der Waals surface area contributed by atoms with E-state index >= 15 is 0 Å². The lowest BCUT2D eigenvalue weighted by atomic mass is 10.1. The van der Waals surface area contributed by atoms with Gasteiger partial charge in [0.25, 0.3) is 0 Å². The number of hydrogen-bond donors (Lipinski definition) is 1. The molecule has 0 spiro atoms. The highest BCUT2D eigenvalue weighted by Crippen LogP contribution is 2.34. The summed E-state index contributed by atoms with van der Waals surface area (Å²) in [7, 11) is -3.44. The van der Waals surface area contributed by atoms with Crippen LogP contribution in [0.15, 0.2) is 14.7 Å². The lowest BCUT2D eigenvalue weighted by Gasteiger charge is -2.23. The number of sulfonamides is 1. The third-order valence-electron chi connectivity index (χ3n) is 3.30. The zero-order valence-electron chi connectivity index (χ0n) is 10.6. The highest BCUT2D eigenvalue weighted by atomic mass is 79.9. The van der Waals surface area contributed by atoms with E-state index in [4.69, 9.17) is 5.11 Å². The maximum Gasteiger partial charge on any atom is 0.245 e. The van der Waals surface area contributed by atoms with Crippen LogP contribution in [-0.4, -0.2) is 30.9 Å². The van der Waals surface area contributed by atoms with Gasteiger partial charge in [-0.05, 0) is 34.8 Å². The molecule has 0 amide bonds. The SMILES string of the molecule is O=S(=O)(c1cc(CO)sc1Br)N1CCCCCCC1. The minimum absolute atomic E-state index is 0.126. The van der Waals surface area contributed by atoms with Gasteiger partial charge in [-0.2, -0.15) is 4.31 Å². The number of thiophene rings is 1. The monoisotopic (exact) mass is 367 g/mol. The van der Waals surface area contributed by atoms with Crippen LogP contribution in [0.3, 0.4) is 0 Å². The molecular weight excluding hydrogens is 350 g/mol. The van der Waals surface area contributed by atoms with E-state index < -0.39 is 10.0 Å². The maximum atomic E-state index is 12.6. The number of aliphatic hydroxyl groups excluding tert-OH is 1. The first-order chi connectivity index (χ1) is 9.05. The van der Waals surface area contributed by atoms with E-state index in [1.165, 1.54) is 17.8 Å². The van der Waals surface area contributed by atoms with E-state index in [9.17, 15) is 8.42 Å². The van der Waals surface area contributed by atoms with Gasteiger partial charge < -0.3 is 5.11 Å². The van der Waals surface area contributed by atoms with Crippen molar-refractivity contribution in [2.75, 3.05) is 13.1 Å². The third-order valence-corrected chi connectivity index (χ3v) is 7.43. The Morgan fingerprint density at radius 3 is 2.32 bits per heavy atom. The molecule has 0 aromatic carbocycles. The van der Waals surface area contributed by atoms with Gasteiger partial charge in [0.1, 0.15) is 4.90 Å². The van der Waals surface area contributed by atoms with Crippen LogP contribution >= 0.6 is 27.3 Å². The summed E-state index contributed by atoms with van der Waals surface area (Å²) >= 11 is 4.57. The molecule has 4 nitrogen and oxygen atoms in total. The molecule has 0 aliphatic carbocycles. The standard InChI is InChI=1S/C12H18BrNO3S2/c13-12-11(8-10(9-15)18-12)19(16,17)14-6-4-2-1-3-5-7-14/h8,15H,1-7,9H2. The van der Waals surface area contributed by atoms with Crippen molar-refractivity contribution in [1.29, 1.82) is 0 Å². The van der Waals surface area contributed by atoms with Crippen LogP contribution in [0.5, 0.6) is 0 Å². The highest BCUT2D eigenvalue weighted by molar-refractivity contribution is 9.11. The molecule has 108 valence electrons. The molecule has 1 aromatic heterocycles. The fraction of sp³-hybridized carbons (Fsp3) is 0.667. The molecule has 1 saturated heterocycles. The zero-order chi connectivity index (χ0) is 13.9. The van der Waals surface area contributed by atoms with Gasteiger partial charge in [0.15, 0.2) is 0 Å². The Morgan fingerprint density at radius 2 is 1.79 bits per heavy atom. The van der Waals surface area contributed by atoms with Crippen LogP contribution in [0.25, 0.3) is 0 Å². The Hall–Kier alpha value is 0.0500. The van der Waals surface area contributed by atoms with Crippen LogP contribution in [0, 0.1) is 0 Å². The predicted molar refractivity (Wildman–Crippen MR) is 79.8 cm³/mol. The third kappa shape index (κ3) is 3.58. The molecule has 1 aliphatic rings. The van der Waals surface area contributed by atoms with Gasteiger partial charge in [0.05, 0.1) is 10.4 Å². The van der Waals surface area contributed by atoms with Crippen molar-refractivity contribution >= 4 is 37.3 Å². The molecule has 0 radical (unpaired) electrons. The van der Waals surface area contributed by atoms with Gasteiger partial charge in [-0.15, -0.1) is 11.3 Å². The van der Waals surface area contributed by atoms with Gasteiger partial charge >= 0.3 is 0 Å². The second-order valence-electron chi connectivity index (χ2n) is 4.68. The molecule has 19 heavy (non-hydrogen) atoms.